The van der Waals surface area contributed by atoms with Gasteiger partial charge >= 0.3 is 0 Å². The van der Waals surface area contributed by atoms with Crippen LogP contribution in [0.1, 0.15) is 33.2 Å². The average Bonchev–Trinajstić information content (AvgIpc) is 2.82. The Morgan fingerprint density at radius 2 is 2.00 bits per heavy atom. The number of aromatic nitrogens is 1. The van der Waals surface area contributed by atoms with Crippen LogP contribution in [0.2, 0.25) is 0 Å². The van der Waals surface area contributed by atoms with Gasteiger partial charge in [0, 0.05) is 16.6 Å². The third-order valence-electron chi connectivity index (χ3n) is 2.70. The highest BCUT2D eigenvalue weighted by Crippen LogP contribution is 2.21. The molecule has 2 rings (SSSR count). The number of nitrogen functional groups attached to an aromatic ring is 1. The minimum atomic E-state index is -0.951. The van der Waals surface area contributed by atoms with Gasteiger partial charge in [-0.3, -0.25) is 4.79 Å². The smallest absolute Gasteiger partial charge is 0.252 e. The van der Waals surface area contributed by atoms with Gasteiger partial charge in [0.2, 0.25) is 0 Å². The topological polar surface area (TPSA) is 68.0 Å². The van der Waals surface area contributed by atoms with E-state index >= 15 is 0 Å². The summed E-state index contributed by atoms with van der Waals surface area (Å²) in [6, 6.07) is 1.48. The number of hydrogen-bond acceptors (Lipinski definition) is 4. The summed E-state index contributed by atoms with van der Waals surface area (Å²) < 4.78 is 26.6. The van der Waals surface area contributed by atoms with Crippen LogP contribution in [-0.2, 0) is 0 Å². The van der Waals surface area contributed by atoms with Gasteiger partial charge < -0.3 is 11.1 Å². The molecule has 1 atom stereocenters. The molecule has 0 aliphatic carbocycles. The Morgan fingerprint density at radius 1 is 1.40 bits per heavy atom. The van der Waals surface area contributed by atoms with Crippen LogP contribution in [-0.4, -0.2) is 10.9 Å². The van der Waals surface area contributed by atoms with Crippen LogP contribution in [0, 0.1) is 18.6 Å². The predicted molar refractivity (Wildman–Crippen MR) is 73.5 cm³/mol. The molecule has 4 nitrogen and oxygen atoms in total. The van der Waals surface area contributed by atoms with Gasteiger partial charge in [0.1, 0.15) is 22.3 Å². The molecule has 0 saturated heterocycles. The number of nitrogens with one attached hydrogen (secondary N) is 1. The standard InChI is InChI=1S/C13H13F2N3OS/c1-6-5-17-13(20-6)7(2)18-12(19)8-3-9(14)11(16)10(15)4-8/h3-5,7H,16H2,1-2H3,(H,18,19). The largest absolute Gasteiger partial charge is 0.394 e. The Labute approximate surface area is 118 Å². The van der Waals surface area contributed by atoms with Crippen molar-refractivity contribution in [2.45, 2.75) is 19.9 Å². The van der Waals surface area contributed by atoms with Gasteiger partial charge in [-0.1, -0.05) is 0 Å². The zero-order valence-corrected chi connectivity index (χ0v) is 11.7. The van der Waals surface area contributed by atoms with Crippen molar-refractivity contribution in [2.75, 3.05) is 5.73 Å². The second-order valence-corrected chi connectivity index (χ2v) is 5.62. The Morgan fingerprint density at radius 3 is 2.50 bits per heavy atom. The van der Waals surface area contributed by atoms with Crippen molar-refractivity contribution >= 4 is 22.9 Å². The summed E-state index contributed by atoms with van der Waals surface area (Å²) in [7, 11) is 0. The van der Waals surface area contributed by atoms with E-state index in [4.69, 9.17) is 5.73 Å². The molecule has 0 spiro atoms. The van der Waals surface area contributed by atoms with E-state index in [1.807, 2.05) is 6.92 Å². The van der Waals surface area contributed by atoms with Crippen molar-refractivity contribution in [2.24, 2.45) is 0 Å². The van der Waals surface area contributed by atoms with Crippen molar-refractivity contribution in [1.82, 2.24) is 10.3 Å². The summed E-state index contributed by atoms with van der Waals surface area (Å²) in [5.74, 6) is -2.48. The molecule has 1 amide bonds. The molecule has 7 heteroatoms. The maximum absolute atomic E-state index is 13.3. The Balaban J connectivity index is 2.16. The highest BCUT2D eigenvalue weighted by atomic mass is 32.1. The highest BCUT2D eigenvalue weighted by molar-refractivity contribution is 7.11. The number of carbonyl (C=O) groups is 1. The van der Waals surface area contributed by atoms with Crippen LogP contribution in [0.15, 0.2) is 18.3 Å². The van der Waals surface area contributed by atoms with E-state index < -0.39 is 23.2 Å². The fourth-order valence-corrected chi connectivity index (χ4v) is 2.41. The van der Waals surface area contributed by atoms with Crippen LogP contribution in [0.25, 0.3) is 0 Å². The van der Waals surface area contributed by atoms with Crippen LogP contribution in [0.4, 0.5) is 14.5 Å². The second kappa shape index (κ2) is 5.54. The molecule has 0 aliphatic heterocycles. The minimum Gasteiger partial charge on any atom is -0.394 e. The molecule has 1 aromatic carbocycles. The maximum Gasteiger partial charge on any atom is 0.252 e. The summed E-state index contributed by atoms with van der Waals surface area (Å²) in [5, 5.41) is 3.36. The lowest BCUT2D eigenvalue weighted by molar-refractivity contribution is 0.0939. The summed E-state index contributed by atoms with van der Waals surface area (Å²) >= 11 is 1.45. The zero-order chi connectivity index (χ0) is 14.9. The van der Waals surface area contributed by atoms with Crippen molar-refractivity contribution in [3.8, 4) is 0 Å². The lowest BCUT2D eigenvalue weighted by Gasteiger charge is -2.12. The van der Waals surface area contributed by atoms with E-state index in [-0.39, 0.29) is 11.6 Å². The van der Waals surface area contributed by atoms with E-state index in [9.17, 15) is 13.6 Å². The van der Waals surface area contributed by atoms with Gasteiger partial charge in [0.05, 0.1) is 6.04 Å². The number of halogens is 2. The van der Waals surface area contributed by atoms with Gasteiger partial charge in [-0.25, -0.2) is 13.8 Å². The number of anilines is 1. The minimum absolute atomic E-state index is 0.116. The lowest BCUT2D eigenvalue weighted by Crippen LogP contribution is -2.26. The van der Waals surface area contributed by atoms with E-state index in [1.165, 1.54) is 11.3 Å². The fourth-order valence-electron chi connectivity index (χ4n) is 1.63. The number of amides is 1. The monoisotopic (exact) mass is 297 g/mol. The number of hydrogen-bond donors (Lipinski definition) is 2. The van der Waals surface area contributed by atoms with Crippen LogP contribution in [0.5, 0.6) is 0 Å². The summed E-state index contributed by atoms with van der Waals surface area (Å²) in [6.07, 6.45) is 1.70. The first-order chi connectivity index (χ1) is 9.38. The molecular weight excluding hydrogens is 284 g/mol. The van der Waals surface area contributed by atoms with E-state index in [1.54, 1.807) is 13.1 Å². The molecule has 0 bridgehead atoms. The van der Waals surface area contributed by atoms with Gasteiger partial charge in [0.15, 0.2) is 0 Å². The normalized spacial score (nSPS) is 12.2. The molecule has 1 unspecified atom stereocenters. The average molecular weight is 297 g/mol. The summed E-state index contributed by atoms with van der Waals surface area (Å²) in [6.45, 7) is 3.65. The molecule has 0 aliphatic rings. The SMILES string of the molecule is Cc1cnc(C(C)NC(=O)c2cc(F)c(N)c(F)c2)s1. The molecule has 0 saturated carbocycles. The molecule has 20 heavy (non-hydrogen) atoms. The second-order valence-electron chi connectivity index (χ2n) is 4.36. The molecular formula is C13H13F2N3OS. The lowest BCUT2D eigenvalue weighted by atomic mass is 10.1. The highest BCUT2D eigenvalue weighted by Gasteiger charge is 2.17. The van der Waals surface area contributed by atoms with E-state index in [0.29, 0.717) is 0 Å². The van der Waals surface area contributed by atoms with Crippen LogP contribution < -0.4 is 11.1 Å². The summed E-state index contributed by atoms with van der Waals surface area (Å²) in [5.41, 5.74) is 4.45. The summed E-state index contributed by atoms with van der Waals surface area (Å²) in [4.78, 5) is 17.1. The third-order valence-corrected chi connectivity index (χ3v) is 3.79. The number of nitrogens with zero attached hydrogens (tertiary/aromatic N) is 1. The Kier molecular flexibility index (Phi) is 3.99. The maximum atomic E-state index is 13.3. The van der Waals surface area contributed by atoms with E-state index in [2.05, 4.69) is 10.3 Å². The first-order valence-electron chi connectivity index (χ1n) is 5.86. The Bertz CT molecular complexity index is 634. The molecule has 0 fully saturated rings. The van der Waals surface area contributed by atoms with Crippen molar-refractivity contribution in [1.29, 1.82) is 0 Å². The number of carbonyl (C=O) groups excluding carboxylic acids is 1. The third kappa shape index (κ3) is 2.93. The van der Waals surface area contributed by atoms with Crippen LogP contribution >= 0.6 is 11.3 Å². The molecule has 106 valence electrons. The molecule has 3 N–H and O–H groups in total. The fraction of sp³-hybridized carbons (Fsp3) is 0.231. The van der Waals surface area contributed by atoms with Crippen molar-refractivity contribution < 1.29 is 13.6 Å². The number of nitrogens with two attached hydrogens (primary N) is 1. The molecule has 1 aromatic heterocycles. The first-order valence-corrected chi connectivity index (χ1v) is 6.68. The van der Waals surface area contributed by atoms with Crippen molar-refractivity contribution in [3.63, 3.8) is 0 Å². The van der Waals surface area contributed by atoms with Crippen molar-refractivity contribution in [3.05, 3.63) is 45.4 Å². The van der Waals surface area contributed by atoms with Gasteiger partial charge in [-0.2, -0.15) is 0 Å². The molecule has 2 aromatic rings. The number of thiazole rings is 1. The number of rotatable bonds is 3. The van der Waals surface area contributed by atoms with Gasteiger partial charge in [-0.15, -0.1) is 11.3 Å². The number of aryl methyl sites for hydroxylation is 1. The number of benzene rings is 1. The van der Waals surface area contributed by atoms with Crippen LogP contribution in [0.3, 0.4) is 0 Å². The first kappa shape index (κ1) is 14.4. The van der Waals surface area contributed by atoms with Gasteiger partial charge in [-0.05, 0) is 26.0 Å². The quantitative estimate of drug-likeness (QED) is 0.856. The Hall–Kier alpha value is -2.02. The predicted octanol–water partition coefficient (Wildman–Crippen LogP) is 2.80. The molecule has 1 heterocycles. The van der Waals surface area contributed by atoms with Gasteiger partial charge in [0.25, 0.3) is 5.91 Å². The molecule has 0 radical (unpaired) electrons. The van der Waals surface area contributed by atoms with E-state index in [0.717, 1.165) is 22.0 Å². The zero-order valence-electron chi connectivity index (χ0n) is 10.9.